The van der Waals surface area contributed by atoms with Gasteiger partial charge in [0.25, 0.3) is 0 Å². The number of ether oxygens (including phenoxy) is 1. The van der Waals surface area contributed by atoms with Gasteiger partial charge in [-0.2, -0.15) is 13.2 Å². The minimum Gasteiger partial charge on any atom is -0.456 e. The Morgan fingerprint density at radius 2 is 1.74 bits per heavy atom. The van der Waals surface area contributed by atoms with E-state index in [9.17, 15) is 18.0 Å². The average Bonchev–Trinajstić information content (AvgIpc) is 3.20. The topological polar surface area (TPSA) is 78.4 Å². The van der Waals surface area contributed by atoms with Crippen molar-refractivity contribution in [1.82, 2.24) is 24.3 Å². The fourth-order valence-electron chi connectivity index (χ4n) is 4.63. The van der Waals surface area contributed by atoms with Crippen molar-refractivity contribution in [3.05, 3.63) is 76.2 Å². The number of imidazole rings is 1. The zero-order valence-corrected chi connectivity index (χ0v) is 21.2. The quantitative estimate of drug-likeness (QED) is 0.355. The van der Waals surface area contributed by atoms with Gasteiger partial charge in [-0.3, -0.25) is 9.69 Å². The third-order valence-electron chi connectivity index (χ3n) is 6.82. The Morgan fingerprint density at radius 3 is 2.42 bits per heavy atom. The lowest BCUT2D eigenvalue weighted by Gasteiger charge is -2.34. The van der Waals surface area contributed by atoms with Crippen LogP contribution in [0.15, 0.2) is 59.5 Å². The molecule has 0 spiro atoms. The van der Waals surface area contributed by atoms with Crippen molar-refractivity contribution < 1.29 is 17.9 Å². The number of anilines is 2. The summed E-state index contributed by atoms with van der Waals surface area (Å²) in [6, 6.07) is 12.6. The first-order chi connectivity index (χ1) is 18.2. The predicted molar refractivity (Wildman–Crippen MR) is 140 cm³/mol. The second-order valence-corrected chi connectivity index (χ2v) is 9.34. The molecule has 2 aromatic heterocycles. The van der Waals surface area contributed by atoms with E-state index in [4.69, 9.17) is 4.74 Å². The summed E-state index contributed by atoms with van der Waals surface area (Å²) in [5, 5.41) is 3.04. The molecule has 8 nitrogen and oxygen atoms in total. The van der Waals surface area contributed by atoms with Crippen molar-refractivity contribution >= 4 is 22.7 Å². The average molecular weight is 527 g/mol. The molecule has 4 aromatic rings. The first-order valence-corrected chi connectivity index (χ1v) is 12.4. The zero-order chi connectivity index (χ0) is 26.9. The van der Waals surface area contributed by atoms with Crippen LogP contribution < -0.4 is 15.6 Å². The number of pyridine rings is 1. The fraction of sp³-hybridized carbons (Fsp3) is 0.333. The first kappa shape index (κ1) is 25.8. The first-order valence-electron chi connectivity index (χ1n) is 12.4. The summed E-state index contributed by atoms with van der Waals surface area (Å²) in [5.41, 5.74) is 1.08. The Kier molecular flexibility index (Phi) is 7.13. The van der Waals surface area contributed by atoms with Crippen molar-refractivity contribution in [3.8, 4) is 11.5 Å². The lowest BCUT2D eigenvalue weighted by Crippen LogP contribution is -2.45. The second-order valence-electron chi connectivity index (χ2n) is 9.34. The summed E-state index contributed by atoms with van der Waals surface area (Å²) in [4.78, 5) is 22.7. The van der Waals surface area contributed by atoms with Crippen LogP contribution in [0.5, 0.6) is 11.5 Å². The molecule has 0 amide bonds. The largest absolute Gasteiger partial charge is 0.456 e. The van der Waals surface area contributed by atoms with Gasteiger partial charge in [0.2, 0.25) is 11.5 Å². The minimum absolute atomic E-state index is 0.230. The monoisotopic (exact) mass is 526 g/mol. The van der Waals surface area contributed by atoms with Gasteiger partial charge >= 0.3 is 6.18 Å². The highest BCUT2D eigenvalue weighted by molar-refractivity contribution is 5.81. The number of nitrogens with zero attached hydrogens (tertiary/aromatic N) is 4. The number of aromatic nitrogens is 3. The molecule has 0 saturated carbocycles. The standard InChI is InChI=1S/C27H29F3N6O2/c1-3-35-10-12-36(13-11-35)17-18-4-5-19(14-22(18)27(28,29)30)32-26-33-23-8-6-20(15-24(23)34(26)2)38-21-7-9-25(37)31-16-21/h4-9,14-16H,3,10-13,17H2,1-2H3,(H,31,37)(H,32,33). The van der Waals surface area contributed by atoms with Crippen molar-refractivity contribution in [2.24, 2.45) is 7.05 Å². The van der Waals surface area contributed by atoms with Crippen LogP contribution in [0.2, 0.25) is 0 Å². The maximum Gasteiger partial charge on any atom is 0.416 e. The summed E-state index contributed by atoms with van der Waals surface area (Å²) in [6.45, 7) is 6.53. The number of aryl methyl sites for hydroxylation is 1. The predicted octanol–water partition coefficient (Wildman–Crippen LogP) is 4.95. The Morgan fingerprint density at radius 1 is 1.00 bits per heavy atom. The molecular formula is C27H29F3N6O2. The van der Waals surface area contributed by atoms with E-state index in [1.165, 1.54) is 12.3 Å². The Bertz CT molecular complexity index is 1470. The van der Waals surface area contributed by atoms with Gasteiger partial charge < -0.3 is 24.5 Å². The van der Waals surface area contributed by atoms with Crippen LogP contribution in [0.3, 0.4) is 0 Å². The van der Waals surface area contributed by atoms with Crippen LogP contribution in [-0.2, 0) is 19.8 Å². The number of H-pyrrole nitrogens is 1. The third-order valence-corrected chi connectivity index (χ3v) is 6.82. The molecule has 200 valence electrons. The van der Waals surface area contributed by atoms with E-state index in [1.807, 2.05) is 0 Å². The van der Waals surface area contributed by atoms with Gasteiger partial charge in [0.05, 0.1) is 16.6 Å². The molecule has 3 heterocycles. The number of benzene rings is 2. The van der Waals surface area contributed by atoms with Gasteiger partial charge in [-0.05, 0) is 42.4 Å². The molecule has 1 aliphatic rings. The molecule has 1 aliphatic heterocycles. The molecule has 0 bridgehead atoms. The fourth-order valence-corrected chi connectivity index (χ4v) is 4.63. The minimum atomic E-state index is -4.47. The summed E-state index contributed by atoms with van der Waals surface area (Å²) in [5.74, 6) is 1.40. The third kappa shape index (κ3) is 5.68. The van der Waals surface area contributed by atoms with Crippen molar-refractivity contribution in [2.75, 3.05) is 38.0 Å². The summed E-state index contributed by atoms with van der Waals surface area (Å²) >= 11 is 0. The van der Waals surface area contributed by atoms with Gasteiger partial charge in [0.15, 0.2) is 0 Å². The molecule has 0 aliphatic carbocycles. The van der Waals surface area contributed by atoms with Crippen molar-refractivity contribution in [2.45, 2.75) is 19.6 Å². The van der Waals surface area contributed by atoms with Gasteiger partial charge in [-0.15, -0.1) is 0 Å². The van der Waals surface area contributed by atoms with E-state index in [1.54, 1.807) is 48.0 Å². The normalized spacial score (nSPS) is 15.2. The van der Waals surface area contributed by atoms with Crippen molar-refractivity contribution in [3.63, 3.8) is 0 Å². The summed E-state index contributed by atoms with van der Waals surface area (Å²) in [6.07, 6.45) is -3.01. The number of nitrogens with one attached hydrogen (secondary N) is 2. The number of hydrogen-bond acceptors (Lipinski definition) is 6. The molecule has 2 N–H and O–H groups in total. The molecule has 2 aromatic carbocycles. The maximum atomic E-state index is 14.0. The van der Waals surface area contributed by atoms with Crippen molar-refractivity contribution in [1.29, 1.82) is 0 Å². The van der Waals surface area contributed by atoms with Crippen LogP contribution in [0.4, 0.5) is 24.8 Å². The highest BCUT2D eigenvalue weighted by Crippen LogP contribution is 2.35. The number of aromatic amines is 1. The summed E-state index contributed by atoms with van der Waals surface area (Å²) in [7, 11) is 1.77. The molecule has 1 fully saturated rings. The Balaban J connectivity index is 1.36. The molecule has 11 heteroatoms. The molecule has 38 heavy (non-hydrogen) atoms. The van der Waals surface area contributed by atoms with E-state index in [0.717, 1.165) is 44.3 Å². The van der Waals surface area contributed by atoms with Crippen LogP contribution in [-0.4, -0.2) is 57.1 Å². The number of halogens is 3. The smallest absolute Gasteiger partial charge is 0.416 e. The van der Waals surface area contributed by atoms with E-state index in [2.05, 4.69) is 32.0 Å². The number of alkyl halides is 3. The second kappa shape index (κ2) is 10.5. The molecule has 0 unspecified atom stereocenters. The van der Waals surface area contributed by atoms with E-state index in [0.29, 0.717) is 28.7 Å². The maximum absolute atomic E-state index is 14.0. The molecule has 1 saturated heterocycles. The molecule has 0 radical (unpaired) electrons. The molecular weight excluding hydrogens is 497 g/mol. The highest BCUT2D eigenvalue weighted by atomic mass is 19.4. The van der Waals surface area contributed by atoms with Crippen LogP contribution >= 0.6 is 0 Å². The number of piperazine rings is 1. The van der Waals surface area contributed by atoms with Crippen LogP contribution in [0.1, 0.15) is 18.1 Å². The van der Waals surface area contributed by atoms with Crippen LogP contribution in [0, 0.1) is 0 Å². The van der Waals surface area contributed by atoms with Gasteiger partial charge in [-0.1, -0.05) is 13.0 Å². The van der Waals surface area contributed by atoms with Gasteiger partial charge in [0, 0.05) is 63.8 Å². The van der Waals surface area contributed by atoms with Crippen LogP contribution in [0.25, 0.3) is 11.0 Å². The van der Waals surface area contributed by atoms with E-state index < -0.39 is 11.7 Å². The molecule has 5 rings (SSSR count). The number of rotatable bonds is 7. The molecule has 0 atom stereocenters. The summed E-state index contributed by atoms with van der Waals surface area (Å²) < 4.78 is 49.6. The lowest BCUT2D eigenvalue weighted by atomic mass is 10.0. The SMILES string of the molecule is CCN1CCN(Cc2ccc(Nc3nc4ccc(Oc5ccc(=O)[nH]c5)cc4n3C)cc2C(F)(F)F)CC1. The number of fused-ring (bicyclic) bond motifs is 1. The zero-order valence-electron chi connectivity index (χ0n) is 21.2. The van der Waals surface area contributed by atoms with Gasteiger partial charge in [-0.25, -0.2) is 4.98 Å². The number of likely N-dealkylation sites (N-methyl/N-ethyl adjacent to an activating group) is 1. The van der Waals surface area contributed by atoms with Gasteiger partial charge in [0.1, 0.15) is 11.5 Å². The van der Waals surface area contributed by atoms with E-state index in [-0.39, 0.29) is 17.7 Å². The van der Waals surface area contributed by atoms with E-state index >= 15 is 0 Å². The highest BCUT2D eigenvalue weighted by Gasteiger charge is 2.34. The Hall–Kier alpha value is -3.83. The number of hydrogen-bond donors (Lipinski definition) is 2. The Labute approximate surface area is 217 Å². The lowest BCUT2D eigenvalue weighted by molar-refractivity contribution is -0.138.